The third-order valence-electron chi connectivity index (χ3n) is 5.77. The third kappa shape index (κ3) is 6.06. The molecule has 9 heteroatoms. The van der Waals surface area contributed by atoms with Gasteiger partial charge in [-0.25, -0.2) is 4.79 Å². The van der Waals surface area contributed by atoms with Gasteiger partial charge in [-0.05, 0) is 53.2 Å². The van der Waals surface area contributed by atoms with Crippen LogP contribution in [0.4, 0.5) is 4.79 Å². The van der Waals surface area contributed by atoms with Gasteiger partial charge in [0.2, 0.25) is 5.91 Å². The first kappa shape index (κ1) is 25.5. The molecule has 0 spiro atoms. The summed E-state index contributed by atoms with van der Waals surface area (Å²) in [5.41, 5.74) is -0.465. The zero-order chi connectivity index (χ0) is 24.4. The Morgan fingerprint density at radius 1 is 1.24 bits per heavy atom. The highest BCUT2D eigenvalue weighted by molar-refractivity contribution is 8.00. The average molecular weight is 481 g/mol. The van der Waals surface area contributed by atoms with Crippen LogP contribution in [0.2, 0.25) is 0 Å². The molecule has 184 valence electrons. The van der Waals surface area contributed by atoms with Crippen molar-refractivity contribution in [2.75, 3.05) is 33.1 Å². The molecule has 33 heavy (non-hydrogen) atoms. The molecule has 8 nitrogen and oxygen atoms in total. The van der Waals surface area contributed by atoms with Crippen LogP contribution in [0, 0.1) is 0 Å². The van der Waals surface area contributed by atoms with Crippen LogP contribution in [0.5, 0.6) is 11.5 Å². The Labute approximate surface area is 200 Å². The molecule has 2 saturated heterocycles. The maximum Gasteiger partial charge on any atom is 0.412 e. The summed E-state index contributed by atoms with van der Waals surface area (Å²) in [7, 11) is 3.22. The summed E-state index contributed by atoms with van der Waals surface area (Å²) in [5, 5.41) is -0.254. The summed E-state index contributed by atoms with van der Waals surface area (Å²) in [6.45, 7) is 10.7. The van der Waals surface area contributed by atoms with Gasteiger partial charge in [0, 0.05) is 30.5 Å². The number of rotatable bonds is 6. The molecule has 0 unspecified atom stereocenters. The van der Waals surface area contributed by atoms with Gasteiger partial charge in [0.25, 0.3) is 0 Å². The van der Waals surface area contributed by atoms with E-state index in [0.717, 1.165) is 11.3 Å². The fourth-order valence-electron chi connectivity index (χ4n) is 4.19. The number of carbonyl (C=O) groups is 2. The molecule has 0 saturated carbocycles. The van der Waals surface area contributed by atoms with E-state index in [1.165, 1.54) is 0 Å². The molecule has 0 N–H and O–H groups in total. The standard InChI is InChI=1S/C24H36N2O6S/c1-23(2,3)32-22(28)26-17(15-31-24(26,4)5)12-20-21(27)25(10-11-33-20)14-16-8-9-18(29-6)13-19(16)30-7/h8-9,13,17,20H,10-12,14-15H2,1-7H3/t17-,20-/m0/s1. The molecule has 0 aliphatic carbocycles. The molecule has 0 aromatic heterocycles. The number of carbonyl (C=O) groups excluding carboxylic acids is 2. The van der Waals surface area contributed by atoms with Gasteiger partial charge in [0.1, 0.15) is 22.8 Å². The Morgan fingerprint density at radius 3 is 2.61 bits per heavy atom. The molecule has 2 atom stereocenters. The highest BCUT2D eigenvalue weighted by atomic mass is 32.2. The topological polar surface area (TPSA) is 77.5 Å². The number of ether oxygens (including phenoxy) is 4. The maximum atomic E-state index is 13.4. The van der Waals surface area contributed by atoms with Crippen molar-refractivity contribution in [3.8, 4) is 11.5 Å². The van der Waals surface area contributed by atoms with Crippen molar-refractivity contribution in [1.82, 2.24) is 9.80 Å². The third-order valence-corrected chi connectivity index (χ3v) is 6.99. The number of hydrogen-bond donors (Lipinski definition) is 0. The predicted molar refractivity (Wildman–Crippen MR) is 128 cm³/mol. The van der Waals surface area contributed by atoms with Gasteiger partial charge in [-0.2, -0.15) is 0 Å². The van der Waals surface area contributed by atoms with Crippen molar-refractivity contribution in [3.05, 3.63) is 23.8 Å². The smallest absolute Gasteiger partial charge is 0.412 e. The molecule has 1 aromatic rings. The zero-order valence-electron chi connectivity index (χ0n) is 20.7. The molecule has 2 amide bonds. The lowest BCUT2D eigenvalue weighted by Gasteiger charge is -2.37. The first-order valence-electron chi connectivity index (χ1n) is 11.2. The minimum absolute atomic E-state index is 0.0676. The first-order chi connectivity index (χ1) is 15.4. The van der Waals surface area contributed by atoms with E-state index in [9.17, 15) is 9.59 Å². The lowest BCUT2D eigenvalue weighted by atomic mass is 10.1. The van der Waals surface area contributed by atoms with Crippen molar-refractivity contribution in [3.63, 3.8) is 0 Å². The largest absolute Gasteiger partial charge is 0.497 e. The number of methoxy groups -OCH3 is 2. The fourth-order valence-corrected chi connectivity index (χ4v) is 5.45. The van der Waals surface area contributed by atoms with E-state index in [1.807, 2.05) is 57.7 Å². The summed E-state index contributed by atoms with van der Waals surface area (Å²) in [6.07, 6.45) is 0.102. The number of thioether (sulfide) groups is 1. The van der Waals surface area contributed by atoms with E-state index in [1.54, 1.807) is 30.9 Å². The van der Waals surface area contributed by atoms with Gasteiger partial charge >= 0.3 is 6.09 Å². The fraction of sp³-hybridized carbons (Fsp3) is 0.667. The quantitative estimate of drug-likeness (QED) is 0.611. The van der Waals surface area contributed by atoms with Gasteiger partial charge in [0.15, 0.2) is 0 Å². The minimum atomic E-state index is -0.786. The van der Waals surface area contributed by atoms with E-state index in [4.69, 9.17) is 18.9 Å². The van der Waals surface area contributed by atoms with Crippen LogP contribution < -0.4 is 9.47 Å². The Bertz CT molecular complexity index is 869. The highest BCUT2D eigenvalue weighted by Crippen LogP contribution is 2.35. The van der Waals surface area contributed by atoms with E-state index in [2.05, 4.69) is 0 Å². The maximum absolute atomic E-state index is 13.4. The molecular formula is C24H36N2O6S. The van der Waals surface area contributed by atoms with Gasteiger partial charge in [0.05, 0.1) is 32.1 Å². The van der Waals surface area contributed by atoms with E-state index < -0.39 is 17.4 Å². The van der Waals surface area contributed by atoms with Crippen molar-refractivity contribution in [1.29, 1.82) is 0 Å². The zero-order valence-corrected chi connectivity index (χ0v) is 21.5. The molecule has 2 aliphatic heterocycles. The SMILES string of the molecule is COc1ccc(CN2CCS[C@@H](C[C@H]3COC(C)(C)N3C(=O)OC(C)(C)C)C2=O)c(OC)c1. The Hall–Kier alpha value is -2.13. The van der Waals surface area contributed by atoms with Crippen LogP contribution >= 0.6 is 11.8 Å². The Balaban J connectivity index is 1.71. The van der Waals surface area contributed by atoms with Crippen LogP contribution in [0.15, 0.2) is 18.2 Å². The van der Waals surface area contributed by atoms with Gasteiger partial charge in [-0.15, -0.1) is 11.8 Å². The molecule has 2 heterocycles. The molecule has 1 aromatic carbocycles. The predicted octanol–water partition coefficient (Wildman–Crippen LogP) is 3.91. The summed E-state index contributed by atoms with van der Waals surface area (Å²) >= 11 is 1.64. The average Bonchev–Trinajstić information content (AvgIpc) is 3.03. The molecule has 0 bridgehead atoms. The summed E-state index contributed by atoms with van der Waals surface area (Å²) < 4.78 is 22.3. The Morgan fingerprint density at radius 2 is 1.97 bits per heavy atom. The number of benzene rings is 1. The van der Waals surface area contributed by atoms with Crippen LogP contribution in [-0.4, -0.2) is 77.5 Å². The lowest BCUT2D eigenvalue weighted by molar-refractivity contribution is -0.131. The number of nitrogens with zero attached hydrogens (tertiary/aromatic N) is 2. The Kier molecular flexibility index (Phi) is 7.73. The molecular weight excluding hydrogens is 444 g/mol. The molecule has 3 rings (SSSR count). The van der Waals surface area contributed by atoms with E-state index in [-0.39, 0.29) is 17.2 Å². The monoisotopic (exact) mass is 480 g/mol. The van der Waals surface area contributed by atoms with E-state index >= 15 is 0 Å². The molecule has 2 aliphatic rings. The summed E-state index contributed by atoms with van der Waals surface area (Å²) in [4.78, 5) is 29.8. The second-order valence-electron chi connectivity index (χ2n) is 9.79. The van der Waals surface area contributed by atoms with Crippen molar-refractivity contribution in [2.24, 2.45) is 0 Å². The highest BCUT2D eigenvalue weighted by Gasteiger charge is 2.47. The molecule has 0 radical (unpaired) electrons. The number of amides is 2. The summed E-state index contributed by atoms with van der Waals surface area (Å²) in [6, 6.07) is 5.40. The van der Waals surface area contributed by atoms with Crippen LogP contribution in [0.3, 0.4) is 0 Å². The van der Waals surface area contributed by atoms with Crippen LogP contribution in [-0.2, 0) is 20.8 Å². The normalized spacial score (nSPS) is 22.9. The van der Waals surface area contributed by atoms with Gasteiger partial charge in [-0.3, -0.25) is 9.69 Å². The van der Waals surface area contributed by atoms with Gasteiger partial charge < -0.3 is 23.8 Å². The van der Waals surface area contributed by atoms with Crippen molar-refractivity contribution in [2.45, 2.75) is 70.2 Å². The minimum Gasteiger partial charge on any atom is -0.497 e. The van der Waals surface area contributed by atoms with Crippen LogP contribution in [0.1, 0.15) is 46.6 Å². The summed E-state index contributed by atoms with van der Waals surface area (Å²) in [5.74, 6) is 2.30. The van der Waals surface area contributed by atoms with Crippen LogP contribution in [0.25, 0.3) is 0 Å². The lowest BCUT2D eigenvalue weighted by Crippen LogP contribution is -2.52. The first-order valence-corrected chi connectivity index (χ1v) is 12.3. The van der Waals surface area contributed by atoms with Crippen molar-refractivity contribution >= 4 is 23.8 Å². The second kappa shape index (κ2) is 10.0. The number of hydrogen-bond acceptors (Lipinski definition) is 7. The second-order valence-corrected chi connectivity index (χ2v) is 11.1. The van der Waals surface area contributed by atoms with Gasteiger partial charge in [-0.1, -0.05) is 0 Å². The van der Waals surface area contributed by atoms with E-state index in [0.29, 0.717) is 37.6 Å². The molecule has 2 fully saturated rings. The van der Waals surface area contributed by atoms with Crippen molar-refractivity contribution < 1.29 is 28.5 Å².